The summed E-state index contributed by atoms with van der Waals surface area (Å²) in [6, 6.07) is 13.2. The molecule has 0 saturated heterocycles. The van der Waals surface area contributed by atoms with E-state index in [1.54, 1.807) is 24.1 Å². The van der Waals surface area contributed by atoms with Gasteiger partial charge in [-0.15, -0.1) is 0 Å². The normalized spacial score (nSPS) is 10.3. The van der Waals surface area contributed by atoms with Crippen LogP contribution in [0.25, 0.3) is 0 Å². The number of nitrogens with one attached hydrogen (secondary N) is 1. The molecule has 0 saturated carbocycles. The van der Waals surface area contributed by atoms with Gasteiger partial charge in [0.1, 0.15) is 0 Å². The van der Waals surface area contributed by atoms with E-state index < -0.39 is 0 Å². The monoisotopic (exact) mass is 302 g/mol. The van der Waals surface area contributed by atoms with Gasteiger partial charge >= 0.3 is 0 Å². The van der Waals surface area contributed by atoms with Crippen molar-refractivity contribution in [3.05, 3.63) is 58.6 Å². The lowest BCUT2D eigenvalue weighted by molar-refractivity contribution is 0.0989. The summed E-state index contributed by atoms with van der Waals surface area (Å²) in [6.45, 7) is 4.56. The highest BCUT2D eigenvalue weighted by atomic mass is 35.5. The number of hydrogen-bond acceptors (Lipinski definition) is 2. The lowest BCUT2D eigenvalue weighted by Crippen LogP contribution is -2.31. The minimum atomic E-state index is -0.0568. The molecule has 0 fully saturated rings. The zero-order chi connectivity index (χ0) is 15.4. The van der Waals surface area contributed by atoms with Crippen molar-refractivity contribution in [3.63, 3.8) is 0 Å². The third-order valence-electron chi connectivity index (χ3n) is 3.45. The fourth-order valence-corrected chi connectivity index (χ4v) is 2.52. The zero-order valence-electron chi connectivity index (χ0n) is 12.5. The summed E-state index contributed by atoms with van der Waals surface area (Å²) >= 11 is 6.04. The molecule has 0 heterocycles. The van der Waals surface area contributed by atoms with Gasteiger partial charge in [0, 0.05) is 30.0 Å². The maximum atomic E-state index is 12.9. The second-order valence-electron chi connectivity index (χ2n) is 4.78. The number of rotatable bonds is 4. The lowest BCUT2D eigenvalue weighted by atomic mass is 10.1. The summed E-state index contributed by atoms with van der Waals surface area (Å²) in [5.74, 6) is -0.0568. The fraction of sp³-hybridized carbons (Fsp3) is 0.235. The first kappa shape index (κ1) is 15.4. The Kier molecular flexibility index (Phi) is 4.86. The number of para-hydroxylation sites is 1. The third-order valence-corrected chi connectivity index (χ3v) is 3.68. The Morgan fingerprint density at radius 1 is 1.24 bits per heavy atom. The van der Waals surface area contributed by atoms with Crippen molar-refractivity contribution in [1.82, 2.24) is 0 Å². The second-order valence-corrected chi connectivity index (χ2v) is 5.21. The van der Waals surface area contributed by atoms with E-state index in [4.69, 9.17) is 11.6 Å². The summed E-state index contributed by atoms with van der Waals surface area (Å²) in [7, 11) is 1.80. The van der Waals surface area contributed by atoms with Crippen molar-refractivity contribution >= 4 is 28.9 Å². The highest BCUT2D eigenvalue weighted by Crippen LogP contribution is 2.26. The van der Waals surface area contributed by atoms with E-state index in [-0.39, 0.29) is 5.91 Å². The number of hydrogen-bond donors (Lipinski definition) is 1. The van der Waals surface area contributed by atoms with Crippen LogP contribution in [0.2, 0.25) is 5.02 Å². The van der Waals surface area contributed by atoms with Gasteiger partial charge in [-0.05, 0) is 43.7 Å². The van der Waals surface area contributed by atoms with Crippen molar-refractivity contribution in [2.24, 2.45) is 0 Å². The molecular weight excluding hydrogens is 284 g/mol. The van der Waals surface area contributed by atoms with E-state index in [1.165, 1.54) is 0 Å². The van der Waals surface area contributed by atoms with Crippen LogP contribution in [0.4, 0.5) is 11.4 Å². The molecule has 2 rings (SSSR count). The van der Waals surface area contributed by atoms with E-state index in [2.05, 4.69) is 5.32 Å². The standard InChI is InChI=1S/C17H19ClN2O/c1-4-20(16-8-6-5-7-12(16)2)17(21)14-11-13(18)9-10-15(14)19-3/h5-11,19H,4H2,1-3H3. The first-order chi connectivity index (χ1) is 10.1. The van der Waals surface area contributed by atoms with Gasteiger partial charge in [-0.3, -0.25) is 4.79 Å². The Labute approximate surface area is 130 Å². The number of carbonyl (C=O) groups excluding carboxylic acids is 1. The second kappa shape index (κ2) is 6.64. The van der Waals surface area contributed by atoms with Crippen LogP contribution in [0.5, 0.6) is 0 Å². The fourth-order valence-electron chi connectivity index (χ4n) is 2.35. The van der Waals surface area contributed by atoms with Crippen molar-refractivity contribution in [1.29, 1.82) is 0 Å². The highest BCUT2D eigenvalue weighted by molar-refractivity contribution is 6.31. The first-order valence-electron chi connectivity index (χ1n) is 6.93. The van der Waals surface area contributed by atoms with E-state index >= 15 is 0 Å². The topological polar surface area (TPSA) is 32.3 Å². The van der Waals surface area contributed by atoms with Crippen LogP contribution in [0, 0.1) is 6.92 Å². The molecule has 0 aromatic heterocycles. The van der Waals surface area contributed by atoms with Gasteiger partial charge in [0.2, 0.25) is 0 Å². The SMILES string of the molecule is CCN(C(=O)c1cc(Cl)ccc1NC)c1ccccc1C. The van der Waals surface area contributed by atoms with Crippen molar-refractivity contribution in [3.8, 4) is 0 Å². The molecule has 2 aromatic rings. The van der Waals surface area contributed by atoms with Gasteiger partial charge in [0.25, 0.3) is 5.91 Å². The summed E-state index contributed by atoms with van der Waals surface area (Å²) in [5.41, 5.74) is 3.35. The van der Waals surface area contributed by atoms with Crippen LogP contribution >= 0.6 is 11.6 Å². The average Bonchev–Trinajstić information content (AvgIpc) is 2.49. The minimum Gasteiger partial charge on any atom is -0.387 e. The maximum Gasteiger partial charge on any atom is 0.260 e. The molecule has 0 spiro atoms. The Morgan fingerprint density at radius 2 is 1.95 bits per heavy atom. The van der Waals surface area contributed by atoms with Crippen LogP contribution in [-0.2, 0) is 0 Å². The number of anilines is 2. The van der Waals surface area contributed by atoms with Crippen LogP contribution in [0.3, 0.4) is 0 Å². The molecule has 21 heavy (non-hydrogen) atoms. The zero-order valence-corrected chi connectivity index (χ0v) is 13.2. The van der Waals surface area contributed by atoms with E-state index in [0.717, 1.165) is 16.9 Å². The van der Waals surface area contributed by atoms with Crippen LogP contribution < -0.4 is 10.2 Å². The van der Waals surface area contributed by atoms with E-state index in [1.807, 2.05) is 44.2 Å². The number of benzene rings is 2. The molecule has 0 aliphatic rings. The molecule has 0 aliphatic carbocycles. The summed E-state index contributed by atoms with van der Waals surface area (Å²) in [6.07, 6.45) is 0. The van der Waals surface area contributed by atoms with Gasteiger partial charge in [-0.2, -0.15) is 0 Å². The number of nitrogens with zero attached hydrogens (tertiary/aromatic N) is 1. The van der Waals surface area contributed by atoms with Gasteiger partial charge in [0.05, 0.1) is 5.56 Å². The predicted molar refractivity (Wildman–Crippen MR) is 89.5 cm³/mol. The summed E-state index contributed by atoms with van der Waals surface area (Å²) in [5, 5.41) is 3.60. The highest BCUT2D eigenvalue weighted by Gasteiger charge is 2.20. The molecule has 4 heteroatoms. The Morgan fingerprint density at radius 3 is 2.57 bits per heavy atom. The van der Waals surface area contributed by atoms with Crippen molar-refractivity contribution in [2.45, 2.75) is 13.8 Å². The number of carbonyl (C=O) groups is 1. The number of amides is 1. The van der Waals surface area contributed by atoms with Gasteiger partial charge in [0.15, 0.2) is 0 Å². The molecule has 1 N–H and O–H groups in total. The van der Waals surface area contributed by atoms with E-state index in [9.17, 15) is 4.79 Å². The molecule has 110 valence electrons. The molecule has 2 aromatic carbocycles. The minimum absolute atomic E-state index is 0.0568. The molecule has 0 bridgehead atoms. The molecule has 1 amide bonds. The number of aryl methyl sites for hydroxylation is 1. The number of halogens is 1. The third kappa shape index (κ3) is 3.19. The van der Waals surface area contributed by atoms with Crippen molar-refractivity contribution in [2.75, 3.05) is 23.8 Å². The molecule has 0 unspecified atom stereocenters. The smallest absolute Gasteiger partial charge is 0.260 e. The van der Waals surface area contributed by atoms with Gasteiger partial charge < -0.3 is 10.2 Å². The Balaban J connectivity index is 2.46. The van der Waals surface area contributed by atoms with E-state index in [0.29, 0.717) is 17.1 Å². The summed E-state index contributed by atoms with van der Waals surface area (Å²) < 4.78 is 0. The molecule has 3 nitrogen and oxygen atoms in total. The predicted octanol–water partition coefficient (Wildman–Crippen LogP) is 4.36. The Hall–Kier alpha value is -2.00. The van der Waals surface area contributed by atoms with Gasteiger partial charge in [-0.25, -0.2) is 0 Å². The molecule has 0 radical (unpaired) electrons. The molecule has 0 atom stereocenters. The molecular formula is C17H19ClN2O. The largest absolute Gasteiger partial charge is 0.387 e. The van der Waals surface area contributed by atoms with Gasteiger partial charge in [-0.1, -0.05) is 29.8 Å². The average molecular weight is 303 g/mol. The molecule has 0 aliphatic heterocycles. The van der Waals surface area contributed by atoms with Crippen LogP contribution in [-0.4, -0.2) is 19.5 Å². The quantitative estimate of drug-likeness (QED) is 0.910. The Bertz CT molecular complexity index is 655. The first-order valence-corrected chi connectivity index (χ1v) is 7.31. The summed E-state index contributed by atoms with van der Waals surface area (Å²) in [4.78, 5) is 14.7. The maximum absolute atomic E-state index is 12.9. The van der Waals surface area contributed by atoms with Crippen LogP contribution in [0.1, 0.15) is 22.8 Å². The van der Waals surface area contributed by atoms with Crippen molar-refractivity contribution < 1.29 is 4.79 Å². The lowest BCUT2D eigenvalue weighted by Gasteiger charge is -2.24. The van der Waals surface area contributed by atoms with Crippen LogP contribution in [0.15, 0.2) is 42.5 Å².